The molecule has 1 heterocycles. The van der Waals surface area contributed by atoms with Crippen molar-refractivity contribution in [3.8, 4) is 0 Å². The van der Waals surface area contributed by atoms with Crippen LogP contribution in [0.3, 0.4) is 0 Å². The topological polar surface area (TPSA) is 75.4 Å². The summed E-state index contributed by atoms with van der Waals surface area (Å²) in [5.41, 5.74) is 3.05. The maximum Gasteiger partial charge on any atom is 0.323 e. The third-order valence-electron chi connectivity index (χ3n) is 3.72. The number of hydrogen-bond donors (Lipinski definition) is 1. The Morgan fingerprint density at radius 2 is 2.00 bits per heavy atom. The average Bonchev–Trinajstić information content (AvgIpc) is 2.63. The highest BCUT2D eigenvalue weighted by Crippen LogP contribution is 2.18. The zero-order chi connectivity index (χ0) is 16.2. The van der Waals surface area contributed by atoms with Crippen LogP contribution in [0.15, 0.2) is 0 Å². The molecule has 1 rings (SSSR count). The number of aliphatic carboxylic acids is 1. The largest absolute Gasteiger partial charge is 0.480 e. The molecule has 0 radical (unpaired) electrons. The van der Waals surface area contributed by atoms with Gasteiger partial charge in [0, 0.05) is 25.2 Å². The van der Waals surface area contributed by atoms with E-state index in [9.17, 15) is 9.59 Å². The van der Waals surface area contributed by atoms with Crippen LogP contribution in [0, 0.1) is 19.8 Å². The van der Waals surface area contributed by atoms with E-state index in [1.54, 1.807) is 0 Å². The standard InChI is InChI=1S/C15H25N3O3/c1-6-7-18(9-14(19)20)15(21)10(2)8-13-11(3)16-17(5)12(13)4/h10H,6-9H2,1-5H3,(H,19,20). The lowest BCUT2D eigenvalue weighted by atomic mass is 9.98. The van der Waals surface area contributed by atoms with Gasteiger partial charge in [0.1, 0.15) is 6.54 Å². The van der Waals surface area contributed by atoms with Gasteiger partial charge >= 0.3 is 5.97 Å². The number of rotatable bonds is 7. The minimum absolute atomic E-state index is 0.109. The molecule has 1 aromatic heterocycles. The Hall–Kier alpha value is -1.85. The Balaban J connectivity index is 2.83. The first-order valence-electron chi connectivity index (χ1n) is 7.27. The maximum atomic E-state index is 12.4. The quantitative estimate of drug-likeness (QED) is 0.828. The van der Waals surface area contributed by atoms with E-state index in [4.69, 9.17) is 5.11 Å². The van der Waals surface area contributed by atoms with E-state index in [1.165, 1.54) is 4.90 Å². The molecule has 1 amide bonds. The first-order valence-corrected chi connectivity index (χ1v) is 7.27. The second kappa shape index (κ2) is 7.24. The smallest absolute Gasteiger partial charge is 0.323 e. The van der Waals surface area contributed by atoms with Crippen molar-refractivity contribution in [1.82, 2.24) is 14.7 Å². The number of amides is 1. The van der Waals surface area contributed by atoms with E-state index >= 15 is 0 Å². The molecule has 118 valence electrons. The first kappa shape index (κ1) is 17.2. The molecule has 1 unspecified atom stereocenters. The molecule has 1 N–H and O–H groups in total. The number of aromatic nitrogens is 2. The zero-order valence-corrected chi connectivity index (χ0v) is 13.5. The molecular formula is C15H25N3O3. The molecule has 21 heavy (non-hydrogen) atoms. The molecule has 1 aromatic rings. The lowest BCUT2D eigenvalue weighted by Crippen LogP contribution is -2.40. The van der Waals surface area contributed by atoms with Gasteiger partial charge in [0.15, 0.2) is 0 Å². The van der Waals surface area contributed by atoms with Gasteiger partial charge in [-0.1, -0.05) is 13.8 Å². The van der Waals surface area contributed by atoms with Crippen molar-refractivity contribution >= 4 is 11.9 Å². The highest BCUT2D eigenvalue weighted by Gasteiger charge is 2.24. The van der Waals surface area contributed by atoms with Gasteiger partial charge in [-0.25, -0.2) is 0 Å². The Morgan fingerprint density at radius 3 is 2.43 bits per heavy atom. The van der Waals surface area contributed by atoms with Crippen LogP contribution in [0.4, 0.5) is 0 Å². The fraction of sp³-hybridized carbons (Fsp3) is 0.667. The summed E-state index contributed by atoms with van der Waals surface area (Å²) in [4.78, 5) is 24.7. The molecule has 0 bridgehead atoms. The number of carbonyl (C=O) groups is 2. The van der Waals surface area contributed by atoms with E-state index in [2.05, 4.69) is 5.10 Å². The summed E-state index contributed by atoms with van der Waals surface area (Å²) in [6.45, 7) is 7.93. The van der Waals surface area contributed by atoms with E-state index in [0.29, 0.717) is 13.0 Å². The van der Waals surface area contributed by atoms with Gasteiger partial charge in [0.25, 0.3) is 0 Å². The van der Waals surface area contributed by atoms with Gasteiger partial charge in [0.05, 0.1) is 5.69 Å². The number of carboxylic acids is 1. The molecule has 1 atom stereocenters. The minimum atomic E-state index is -0.974. The minimum Gasteiger partial charge on any atom is -0.480 e. The fourth-order valence-corrected chi connectivity index (χ4v) is 2.52. The van der Waals surface area contributed by atoms with Gasteiger partial charge < -0.3 is 10.0 Å². The van der Waals surface area contributed by atoms with Crippen LogP contribution in [0.5, 0.6) is 0 Å². The molecule has 0 saturated heterocycles. The van der Waals surface area contributed by atoms with Crippen molar-refractivity contribution in [1.29, 1.82) is 0 Å². The van der Waals surface area contributed by atoms with Crippen LogP contribution >= 0.6 is 0 Å². The van der Waals surface area contributed by atoms with Crippen molar-refractivity contribution in [3.05, 3.63) is 17.0 Å². The fourth-order valence-electron chi connectivity index (χ4n) is 2.52. The SMILES string of the molecule is CCCN(CC(=O)O)C(=O)C(C)Cc1c(C)nn(C)c1C. The molecule has 0 aliphatic heterocycles. The van der Waals surface area contributed by atoms with Gasteiger partial charge in [-0.15, -0.1) is 0 Å². The first-order chi connectivity index (χ1) is 9.77. The van der Waals surface area contributed by atoms with Gasteiger partial charge in [-0.05, 0) is 32.3 Å². The second-order valence-electron chi connectivity index (χ2n) is 5.53. The summed E-state index contributed by atoms with van der Waals surface area (Å²) in [7, 11) is 1.88. The van der Waals surface area contributed by atoms with Gasteiger partial charge in [-0.2, -0.15) is 5.10 Å². The Bertz CT molecular complexity index is 522. The van der Waals surface area contributed by atoms with E-state index in [-0.39, 0.29) is 18.4 Å². The molecule has 6 nitrogen and oxygen atoms in total. The molecule has 0 aliphatic carbocycles. The zero-order valence-electron chi connectivity index (χ0n) is 13.5. The van der Waals surface area contributed by atoms with Crippen molar-refractivity contribution in [3.63, 3.8) is 0 Å². The van der Waals surface area contributed by atoms with Crippen LogP contribution in [-0.2, 0) is 23.1 Å². The summed E-state index contributed by atoms with van der Waals surface area (Å²) in [5, 5.41) is 13.3. The van der Waals surface area contributed by atoms with Gasteiger partial charge in [0.2, 0.25) is 5.91 Å². The van der Waals surface area contributed by atoms with Crippen LogP contribution in [0.1, 0.15) is 37.2 Å². The Kier molecular flexibility index (Phi) is 5.93. The molecule has 6 heteroatoms. The highest BCUT2D eigenvalue weighted by molar-refractivity contribution is 5.83. The number of carboxylic acid groups (broad SMARTS) is 1. The van der Waals surface area contributed by atoms with Crippen molar-refractivity contribution in [2.75, 3.05) is 13.1 Å². The number of carbonyl (C=O) groups excluding carboxylic acids is 1. The molecule has 0 saturated carbocycles. The third kappa shape index (κ3) is 4.31. The van der Waals surface area contributed by atoms with Crippen LogP contribution in [0.25, 0.3) is 0 Å². The third-order valence-corrected chi connectivity index (χ3v) is 3.72. The number of hydrogen-bond acceptors (Lipinski definition) is 3. The average molecular weight is 295 g/mol. The summed E-state index contributed by atoms with van der Waals surface area (Å²) >= 11 is 0. The predicted molar refractivity (Wildman–Crippen MR) is 80.1 cm³/mol. The van der Waals surface area contributed by atoms with E-state index in [1.807, 2.05) is 39.4 Å². The Labute approximate surface area is 125 Å². The van der Waals surface area contributed by atoms with Crippen LogP contribution in [0.2, 0.25) is 0 Å². The van der Waals surface area contributed by atoms with Crippen molar-refractivity contribution in [2.45, 2.75) is 40.5 Å². The van der Waals surface area contributed by atoms with Crippen molar-refractivity contribution < 1.29 is 14.7 Å². The monoisotopic (exact) mass is 295 g/mol. The summed E-state index contributed by atoms with van der Waals surface area (Å²) in [6, 6.07) is 0. The molecule has 0 fully saturated rings. The van der Waals surface area contributed by atoms with E-state index < -0.39 is 5.97 Å². The normalized spacial score (nSPS) is 12.2. The lowest BCUT2D eigenvalue weighted by molar-refractivity contribution is -0.146. The molecular weight excluding hydrogens is 270 g/mol. The van der Waals surface area contributed by atoms with E-state index in [0.717, 1.165) is 23.4 Å². The summed E-state index contributed by atoms with van der Waals surface area (Å²) < 4.78 is 1.81. The molecule has 0 aliphatic rings. The lowest BCUT2D eigenvalue weighted by Gasteiger charge is -2.23. The van der Waals surface area contributed by atoms with Crippen molar-refractivity contribution in [2.24, 2.45) is 13.0 Å². The van der Waals surface area contributed by atoms with Gasteiger partial charge in [-0.3, -0.25) is 14.3 Å². The highest BCUT2D eigenvalue weighted by atomic mass is 16.4. The molecule has 0 spiro atoms. The van der Waals surface area contributed by atoms with Crippen LogP contribution < -0.4 is 0 Å². The summed E-state index contributed by atoms with van der Waals surface area (Å²) in [6.07, 6.45) is 1.33. The number of nitrogens with zero attached hydrogens (tertiary/aromatic N) is 3. The molecule has 0 aromatic carbocycles. The Morgan fingerprint density at radius 1 is 1.38 bits per heavy atom. The maximum absolute atomic E-state index is 12.4. The number of aryl methyl sites for hydroxylation is 2. The predicted octanol–water partition coefficient (Wildman–Crippen LogP) is 1.54. The second-order valence-corrected chi connectivity index (χ2v) is 5.53. The summed E-state index contributed by atoms with van der Waals surface area (Å²) in [5.74, 6) is -1.34. The van der Waals surface area contributed by atoms with Crippen LogP contribution in [-0.4, -0.2) is 44.8 Å².